The molecule has 0 fully saturated rings. The first-order valence-electron chi connectivity index (χ1n) is 17.9. The van der Waals surface area contributed by atoms with Crippen LogP contribution in [-0.4, -0.2) is 4.98 Å². The van der Waals surface area contributed by atoms with Gasteiger partial charge in [0, 0.05) is 42.6 Å². The summed E-state index contributed by atoms with van der Waals surface area (Å²) in [5.74, 6) is 0. The third-order valence-corrected chi connectivity index (χ3v) is 12.9. The first-order chi connectivity index (χ1) is 25.9. The zero-order valence-corrected chi connectivity index (χ0v) is 33.7. The first kappa shape index (κ1) is 36.9. The average molecular weight is 892 g/mol. The van der Waals surface area contributed by atoms with Gasteiger partial charge in [0.1, 0.15) is 7.14 Å². The number of nitrogens with zero attached hydrogens (tertiary/aromatic N) is 1. The molecular formula is C50H38IrNOP-2. The summed E-state index contributed by atoms with van der Waals surface area (Å²) in [6.07, 6.45) is 1.90. The van der Waals surface area contributed by atoms with Crippen molar-refractivity contribution in [3.63, 3.8) is 0 Å². The van der Waals surface area contributed by atoms with E-state index in [0.717, 1.165) is 65.1 Å². The third-order valence-electron chi connectivity index (χ3n) is 9.93. The maximum Gasteiger partial charge on any atom is 0.147 e. The zero-order valence-electron chi connectivity index (χ0n) is 30.4. The summed E-state index contributed by atoms with van der Waals surface area (Å²) in [7, 11) is -3.15. The summed E-state index contributed by atoms with van der Waals surface area (Å²) in [6, 6.07) is 64.6. The monoisotopic (exact) mass is 892 g/mol. The fourth-order valence-electron chi connectivity index (χ4n) is 7.10. The Labute approximate surface area is 331 Å². The van der Waals surface area contributed by atoms with Crippen LogP contribution in [0.1, 0.15) is 16.7 Å². The Bertz CT molecular complexity index is 2590. The fraction of sp³-hybridized carbons (Fsp3) is 0.0600. The maximum atomic E-state index is 15.1. The molecule has 0 N–H and O–H groups in total. The molecule has 0 aliphatic heterocycles. The van der Waals surface area contributed by atoms with Gasteiger partial charge in [-0.25, -0.2) is 0 Å². The summed E-state index contributed by atoms with van der Waals surface area (Å²) < 4.78 is 15.1. The normalized spacial score (nSPS) is 11.2. The minimum Gasteiger partial charge on any atom is -0.311 e. The zero-order chi connectivity index (χ0) is 36.4. The molecule has 2 nitrogen and oxygen atoms in total. The molecule has 0 unspecified atom stereocenters. The molecule has 8 aromatic carbocycles. The Kier molecular flexibility index (Phi) is 10.9. The van der Waals surface area contributed by atoms with E-state index in [4.69, 9.17) is 0 Å². The molecule has 0 spiro atoms. The number of hydrogen-bond acceptors (Lipinski definition) is 2. The first-order valence-corrected chi connectivity index (χ1v) is 19.6. The van der Waals surface area contributed by atoms with Crippen LogP contribution in [0, 0.1) is 32.9 Å². The van der Waals surface area contributed by atoms with Crippen molar-refractivity contribution in [1.82, 2.24) is 4.98 Å². The number of benzene rings is 8. The molecular weight excluding hydrogens is 854 g/mol. The van der Waals surface area contributed by atoms with Crippen molar-refractivity contribution in [2.75, 3.05) is 0 Å². The van der Waals surface area contributed by atoms with E-state index in [1.807, 2.05) is 73.8 Å². The molecule has 265 valence electrons. The van der Waals surface area contributed by atoms with E-state index in [2.05, 4.69) is 140 Å². The summed E-state index contributed by atoms with van der Waals surface area (Å²) in [5.41, 5.74) is 8.13. The Morgan fingerprint density at radius 2 is 1.02 bits per heavy atom. The minimum atomic E-state index is -3.15. The predicted molar refractivity (Wildman–Crippen MR) is 225 cm³/mol. The van der Waals surface area contributed by atoms with E-state index in [-0.39, 0.29) is 20.1 Å². The largest absolute Gasteiger partial charge is 0.311 e. The van der Waals surface area contributed by atoms with E-state index in [1.165, 1.54) is 22.3 Å². The SMILES string of the molecule is Cc1ccc(-c2[c-]c(-c3c(C)cccc3C)ccc2)nc1.O=P(c1[c-]cc2ccccc2c1)(c1ccc2ccccc2c1)c1ccc2ccccc2c1.[Ir]. The molecule has 9 rings (SSSR count). The number of rotatable bonds is 5. The van der Waals surface area contributed by atoms with Crippen molar-refractivity contribution in [2.24, 2.45) is 0 Å². The molecule has 0 aliphatic rings. The summed E-state index contributed by atoms with van der Waals surface area (Å²) in [5, 5.41) is 9.03. The average Bonchev–Trinajstić information content (AvgIpc) is 3.20. The van der Waals surface area contributed by atoms with Gasteiger partial charge in [-0.05, 0) is 60.0 Å². The molecule has 1 radical (unpaired) electrons. The van der Waals surface area contributed by atoms with E-state index < -0.39 is 7.14 Å². The number of aryl methyl sites for hydroxylation is 3. The van der Waals surface area contributed by atoms with Crippen molar-refractivity contribution >= 4 is 55.4 Å². The molecule has 0 saturated carbocycles. The second kappa shape index (κ2) is 15.9. The number of pyridine rings is 1. The second-order valence-electron chi connectivity index (χ2n) is 13.6. The standard InChI is InChI=1S/C30H20OP.C20H18N.Ir/c31-32(28-16-13-22-7-1-4-10-25(22)19-28,29-17-14-23-8-2-5-11-26(23)20-29)30-18-15-24-9-3-6-12-27(24)21-30;1-14-10-11-19(21-13-14)17-8-5-9-18(12-17)20-15(2)6-4-7-16(20)3;/h1-17,19-21H;4-11,13H,1-3H3;/q2*-1;. The van der Waals surface area contributed by atoms with Crippen LogP contribution in [0.2, 0.25) is 0 Å². The van der Waals surface area contributed by atoms with Gasteiger partial charge < -0.3 is 4.57 Å². The number of aromatic nitrogens is 1. The van der Waals surface area contributed by atoms with Gasteiger partial charge in [-0.3, -0.25) is 4.98 Å². The Morgan fingerprint density at radius 1 is 0.500 bits per heavy atom. The molecule has 4 heteroatoms. The maximum absolute atomic E-state index is 15.1. The number of hydrogen-bond donors (Lipinski definition) is 0. The van der Waals surface area contributed by atoms with Crippen LogP contribution in [0.3, 0.4) is 0 Å². The number of fused-ring (bicyclic) bond motifs is 3. The van der Waals surface area contributed by atoms with Crippen LogP contribution in [0.25, 0.3) is 54.7 Å². The van der Waals surface area contributed by atoms with Crippen LogP contribution >= 0.6 is 7.14 Å². The molecule has 54 heavy (non-hydrogen) atoms. The Morgan fingerprint density at radius 3 is 1.59 bits per heavy atom. The van der Waals surface area contributed by atoms with Crippen LogP contribution < -0.4 is 15.9 Å². The van der Waals surface area contributed by atoms with Gasteiger partial charge in [-0.2, -0.15) is 18.2 Å². The van der Waals surface area contributed by atoms with Crippen LogP contribution in [0.4, 0.5) is 0 Å². The smallest absolute Gasteiger partial charge is 0.147 e. The van der Waals surface area contributed by atoms with E-state index in [1.54, 1.807) is 0 Å². The van der Waals surface area contributed by atoms with Crippen LogP contribution in [0.5, 0.6) is 0 Å². The molecule has 0 bridgehead atoms. The molecule has 0 saturated heterocycles. The molecule has 1 aromatic heterocycles. The van der Waals surface area contributed by atoms with Gasteiger partial charge in [0.05, 0.1) is 0 Å². The van der Waals surface area contributed by atoms with Gasteiger partial charge in [-0.1, -0.05) is 149 Å². The van der Waals surface area contributed by atoms with Crippen molar-refractivity contribution < 1.29 is 24.7 Å². The van der Waals surface area contributed by atoms with Gasteiger partial charge in [0.25, 0.3) is 0 Å². The molecule has 1 heterocycles. The van der Waals surface area contributed by atoms with Gasteiger partial charge in [0.2, 0.25) is 0 Å². The van der Waals surface area contributed by atoms with Gasteiger partial charge in [0.15, 0.2) is 0 Å². The second-order valence-corrected chi connectivity index (χ2v) is 16.3. The fourth-order valence-corrected chi connectivity index (χ4v) is 9.73. The van der Waals surface area contributed by atoms with E-state index >= 15 is 4.57 Å². The van der Waals surface area contributed by atoms with Crippen LogP contribution in [0.15, 0.2) is 176 Å². The van der Waals surface area contributed by atoms with Crippen molar-refractivity contribution in [3.05, 3.63) is 205 Å². The molecule has 0 aliphatic carbocycles. The Balaban J connectivity index is 0.000000178. The van der Waals surface area contributed by atoms with Crippen LogP contribution in [-0.2, 0) is 24.7 Å². The Hall–Kier alpha value is -5.43. The minimum absolute atomic E-state index is 0. The van der Waals surface area contributed by atoms with E-state index in [9.17, 15) is 0 Å². The predicted octanol–water partition coefficient (Wildman–Crippen LogP) is 11.7. The summed E-state index contributed by atoms with van der Waals surface area (Å²) >= 11 is 0. The van der Waals surface area contributed by atoms with Crippen molar-refractivity contribution in [1.29, 1.82) is 0 Å². The molecule has 9 aromatic rings. The third kappa shape index (κ3) is 7.37. The van der Waals surface area contributed by atoms with Crippen molar-refractivity contribution in [3.8, 4) is 22.4 Å². The molecule has 0 atom stereocenters. The molecule has 0 amide bonds. The van der Waals surface area contributed by atoms with E-state index in [0.29, 0.717) is 0 Å². The quantitative estimate of drug-likeness (QED) is 0.127. The summed E-state index contributed by atoms with van der Waals surface area (Å²) in [6.45, 7) is 6.34. The summed E-state index contributed by atoms with van der Waals surface area (Å²) in [4.78, 5) is 4.50. The van der Waals surface area contributed by atoms with Crippen molar-refractivity contribution in [2.45, 2.75) is 20.8 Å². The van der Waals surface area contributed by atoms with Gasteiger partial charge in [-0.15, -0.1) is 46.7 Å². The van der Waals surface area contributed by atoms with Gasteiger partial charge >= 0.3 is 0 Å². The topological polar surface area (TPSA) is 30.0 Å².